The molecule has 0 aliphatic rings. The molecule has 25 nitrogen and oxygen atoms in total. The van der Waals surface area contributed by atoms with Gasteiger partial charge in [0.1, 0.15) is 80.4 Å². The monoisotopic (exact) mass is 2220 g/mol. The minimum atomic E-state index is -0.0843. The minimum Gasteiger partial charge on any atom is -0.397 e. The topological polar surface area (TPSA) is 351 Å². The fraction of sp³-hybridized carbons (Fsp3) is 0.684. The molecule has 9 aromatic rings. The zero-order valence-corrected chi connectivity index (χ0v) is 105. The average molecular weight is 2220 g/mol. The Morgan fingerprint density at radius 2 is 0.432 bits per heavy atom. The lowest BCUT2D eigenvalue weighted by molar-refractivity contribution is 0.358. The van der Waals surface area contributed by atoms with Gasteiger partial charge in [-0.3, -0.25) is 43.2 Å². The Balaban J connectivity index is 0.000000833. The summed E-state index contributed by atoms with van der Waals surface area (Å²) in [5, 5.41) is 3.17. The second kappa shape index (κ2) is 59.1. The number of rotatable bonds is 40. The standard InChI is InChI=1S/C15H26N2OS.C14H24N2OS.2C13H22N2OS.C13H21NOS.2C12H20N2OS.C11H18N2OS.C11H17NOS/c1-7-17(8-2)12-11(13(18)14(12)19)16(6)10-9-15(3,4)5;1-7-15(5)11-10(12(17)13(11)18)16(6)9-8-14(2,3)4;1-13(2,3)7-5-6-8-15(4)10-9(14)12(17)11(10)16;1-6-14-9-10(11(16)12(9)17)15(5)8-7-13(2,3)4;1-13(2,3)8-6-4-5-7-9-10(14)12(16)11(9)15;2*1-12(2,3)6-5-7-14(4)9-8(13)11(16)10(9)15;1-11(2,3)5-6-13(4)8-7(12)10(15)9(8)14;1-11(2,3)6-4-5-7-8(12)10(14)9(7)13/h7-10H2,1-6H3;7-9H2,1-6H3;5-8,14H2,1-4H3;14H,6-8H2,1-5H3;4-8,14H2,1-3H3;2*5-7,13H2,1-4H3;5-6,12H2,1-4H3;4-6,12H2,1-3H3. The highest BCUT2D eigenvalue weighted by atomic mass is 32.1. The van der Waals surface area contributed by atoms with Gasteiger partial charge in [0.25, 0.3) is 0 Å². The number of nitrogens with zero attached hydrogens (tertiary/aromatic N) is 9. The summed E-state index contributed by atoms with van der Waals surface area (Å²) in [6.07, 6.45) is 20.3. The first-order valence-electron chi connectivity index (χ1n) is 52.5. The van der Waals surface area contributed by atoms with Crippen molar-refractivity contribution in [2.45, 2.75) is 337 Å². The highest BCUT2D eigenvalue weighted by molar-refractivity contribution is 7.73. The van der Waals surface area contributed by atoms with Gasteiger partial charge in [-0.1, -0.05) is 316 Å². The van der Waals surface area contributed by atoms with Crippen molar-refractivity contribution >= 4 is 201 Å². The molecule has 0 aromatic heterocycles. The number of hydrogen-bond donors (Lipinski definition) is 7. The Labute approximate surface area is 934 Å². The minimum absolute atomic E-state index is 0.00308. The van der Waals surface area contributed by atoms with E-state index in [1.54, 1.807) is 0 Å². The fourth-order valence-corrected chi connectivity index (χ4v) is 18.0. The van der Waals surface area contributed by atoms with E-state index in [2.05, 4.69) is 223 Å². The number of hydrogen-bond acceptors (Lipinski definition) is 34. The third kappa shape index (κ3) is 44.0. The Hall–Kier alpha value is -7.70. The third-order valence-electron chi connectivity index (χ3n) is 25.9. The molecular formula is C114H190N16O9S9. The zero-order chi connectivity index (χ0) is 115. The number of nitrogen functional groups attached to an aromatic ring is 6. The molecule has 0 spiro atoms. The van der Waals surface area contributed by atoms with Crippen molar-refractivity contribution in [2.24, 2.45) is 48.7 Å². The lowest BCUT2D eigenvalue weighted by atomic mass is 9.88. The van der Waals surface area contributed by atoms with Gasteiger partial charge >= 0.3 is 0 Å². The van der Waals surface area contributed by atoms with Crippen molar-refractivity contribution in [1.82, 2.24) is 0 Å². The van der Waals surface area contributed by atoms with Gasteiger partial charge in [0.05, 0.1) is 51.2 Å². The number of anilines is 16. The fourth-order valence-electron chi connectivity index (χ4n) is 15.8. The summed E-state index contributed by atoms with van der Waals surface area (Å²) in [5.74, 6) is 0. The molecule has 13 N–H and O–H groups in total. The van der Waals surface area contributed by atoms with Gasteiger partial charge in [0, 0.05) is 140 Å². The molecule has 0 amide bonds. The smallest absolute Gasteiger partial charge is 0.224 e. The van der Waals surface area contributed by atoms with Crippen molar-refractivity contribution < 1.29 is 0 Å². The van der Waals surface area contributed by atoms with Crippen LogP contribution in [0.2, 0.25) is 0 Å². The summed E-state index contributed by atoms with van der Waals surface area (Å²) >= 11 is 44.4. The van der Waals surface area contributed by atoms with E-state index in [1.165, 1.54) is 25.7 Å². The predicted octanol–water partition coefficient (Wildman–Crippen LogP) is 25.3. The van der Waals surface area contributed by atoms with E-state index in [1.807, 2.05) is 97.6 Å². The highest BCUT2D eigenvalue weighted by Crippen LogP contribution is 2.37. The van der Waals surface area contributed by atoms with E-state index in [9.17, 15) is 43.2 Å². The SMILES string of the molecule is CC(C)(C)CCCCCc1c(N)c(=S)c1=O.CC(C)(C)CCCc1c(N)c(=S)c1=O.CCN(C)c1c(N(C)CCC(C)(C)C)c(=O)c1=S.CCN(CC)c1c(N(C)CCC(C)(C)C)c(=O)c1=S.CCNc1c(N(C)CCC(C)(C)C)c(=O)c1=S.CN(CCC(C)(C)C)c1c(N)c(=S)c1=O.CN(CCCC(C)(C)C)c1c(N)c(=S)c1=O.CN(CCCC(C)(C)C)c1c(N)c(=S)c1=O.CN(CCCCC(C)(C)C)c1c(N)c(=S)c1=O. The van der Waals surface area contributed by atoms with Gasteiger partial charge in [0.2, 0.25) is 48.9 Å². The molecule has 834 valence electrons. The first kappa shape index (κ1) is 138. The Morgan fingerprint density at radius 3 is 0.703 bits per heavy atom. The van der Waals surface area contributed by atoms with E-state index in [4.69, 9.17) is 144 Å². The van der Waals surface area contributed by atoms with Crippen LogP contribution in [-0.2, 0) is 12.8 Å². The van der Waals surface area contributed by atoms with Gasteiger partial charge in [-0.2, -0.15) is 0 Å². The second-order valence-corrected chi connectivity index (χ2v) is 54.3. The maximum Gasteiger partial charge on any atom is 0.224 e. The summed E-state index contributed by atoms with van der Waals surface area (Å²) in [6.45, 7) is 77.4. The van der Waals surface area contributed by atoms with Crippen molar-refractivity contribution in [3.05, 3.63) is 144 Å². The van der Waals surface area contributed by atoms with Crippen LogP contribution in [0.15, 0.2) is 43.2 Å². The van der Waals surface area contributed by atoms with Crippen molar-refractivity contribution in [2.75, 3.05) is 212 Å². The molecular weight excluding hydrogens is 2030 g/mol. The van der Waals surface area contributed by atoms with E-state index in [0.717, 1.165) is 214 Å². The second-order valence-electron chi connectivity index (χ2n) is 50.7. The Morgan fingerprint density at radius 1 is 0.209 bits per heavy atom. The van der Waals surface area contributed by atoms with E-state index in [-0.39, 0.29) is 84.0 Å². The van der Waals surface area contributed by atoms with Crippen LogP contribution in [0.1, 0.15) is 335 Å². The van der Waals surface area contributed by atoms with Crippen molar-refractivity contribution in [3.8, 4) is 0 Å². The molecule has 0 heterocycles. The van der Waals surface area contributed by atoms with Crippen LogP contribution >= 0.6 is 110 Å². The van der Waals surface area contributed by atoms with Crippen LogP contribution in [0.5, 0.6) is 0 Å². The van der Waals surface area contributed by atoms with Crippen molar-refractivity contribution in [3.63, 3.8) is 0 Å². The molecule has 0 aliphatic heterocycles. The lowest BCUT2D eigenvalue weighted by Crippen LogP contribution is -2.36. The molecule has 0 saturated heterocycles. The maximum atomic E-state index is 12.0. The summed E-state index contributed by atoms with van der Waals surface area (Å²) in [6, 6.07) is 0. The van der Waals surface area contributed by atoms with E-state index >= 15 is 0 Å². The van der Waals surface area contributed by atoms with Crippen LogP contribution in [0.3, 0.4) is 0 Å². The predicted molar refractivity (Wildman–Crippen MR) is 670 cm³/mol. The molecule has 0 fully saturated rings. The molecule has 9 aromatic carbocycles. The van der Waals surface area contributed by atoms with Crippen LogP contribution in [0.25, 0.3) is 0 Å². The Kier molecular flexibility index (Phi) is 55.2. The van der Waals surface area contributed by atoms with E-state index in [0.29, 0.717) is 111 Å². The third-order valence-corrected chi connectivity index (χ3v) is 29.4. The lowest BCUT2D eigenvalue weighted by Gasteiger charge is -2.32. The molecule has 0 aliphatic carbocycles. The molecule has 148 heavy (non-hydrogen) atoms. The molecule has 34 heteroatoms. The van der Waals surface area contributed by atoms with Crippen LogP contribution in [0.4, 0.5) is 91.0 Å². The molecule has 0 radical (unpaired) electrons. The van der Waals surface area contributed by atoms with Gasteiger partial charge in [-0.05, 0) is 179 Å². The normalized spacial score (nSPS) is 12.0. The van der Waals surface area contributed by atoms with Crippen LogP contribution in [0, 0.1) is 89.3 Å². The Bertz CT molecular complexity index is 6360. The number of nitrogens with one attached hydrogen (secondary N) is 1. The summed E-state index contributed by atoms with van der Waals surface area (Å²) in [7, 11) is 15.5. The number of nitrogens with two attached hydrogens (primary N) is 6. The quantitative estimate of drug-likeness (QED) is 0.0139. The molecule has 0 bridgehead atoms. The van der Waals surface area contributed by atoms with Gasteiger partial charge < -0.3 is 83.8 Å². The largest absolute Gasteiger partial charge is 0.397 e. The summed E-state index contributed by atoms with van der Waals surface area (Å²) in [5.41, 5.74) is 48.7. The van der Waals surface area contributed by atoms with Gasteiger partial charge in [-0.15, -0.1) is 0 Å². The first-order chi connectivity index (χ1) is 67.3. The average Bonchev–Trinajstić information content (AvgIpc) is 0.764. The molecule has 0 atom stereocenters. The van der Waals surface area contributed by atoms with E-state index < -0.39 is 0 Å². The van der Waals surface area contributed by atoms with Crippen LogP contribution < -0.4 is 133 Å². The van der Waals surface area contributed by atoms with Gasteiger partial charge in [-0.25, -0.2) is 0 Å². The summed E-state index contributed by atoms with van der Waals surface area (Å²) < 4.78 is 3.26. The highest BCUT2D eigenvalue weighted by Gasteiger charge is 2.31. The summed E-state index contributed by atoms with van der Waals surface area (Å²) in [4.78, 5) is 122. The molecule has 0 unspecified atom stereocenters. The molecule has 9 rings (SSSR count). The van der Waals surface area contributed by atoms with Crippen LogP contribution in [-0.4, -0.2) is 128 Å². The first-order valence-corrected chi connectivity index (χ1v) is 56.2. The van der Waals surface area contributed by atoms with Crippen molar-refractivity contribution in [1.29, 1.82) is 0 Å². The number of unbranched alkanes of at least 4 members (excludes halogenated alkanes) is 3. The molecule has 0 saturated carbocycles. The zero-order valence-electron chi connectivity index (χ0n) is 98.1. The maximum absolute atomic E-state index is 12.0. The van der Waals surface area contributed by atoms with Gasteiger partial charge in [0.15, 0.2) is 0 Å².